The van der Waals surface area contributed by atoms with Gasteiger partial charge < -0.3 is 9.84 Å². The highest BCUT2D eigenvalue weighted by Crippen LogP contribution is 2.49. The van der Waals surface area contributed by atoms with Crippen molar-refractivity contribution in [2.75, 3.05) is 6.54 Å². The number of nitrogens with one attached hydrogen (secondary N) is 1. The van der Waals surface area contributed by atoms with Crippen LogP contribution in [0.25, 0.3) is 0 Å². The van der Waals surface area contributed by atoms with Gasteiger partial charge in [0, 0.05) is 35.5 Å². The van der Waals surface area contributed by atoms with Gasteiger partial charge in [-0.3, -0.25) is 10.1 Å². The van der Waals surface area contributed by atoms with Crippen LogP contribution in [0.4, 0.5) is 13.2 Å². The number of hydrogen-bond donors (Lipinski definition) is 2. The maximum atomic E-state index is 14.2. The van der Waals surface area contributed by atoms with Crippen LogP contribution < -0.4 is 10.1 Å². The Labute approximate surface area is 249 Å². The minimum absolute atomic E-state index is 0.107. The summed E-state index contributed by atoms with van der Waals surface area (Å²) in [5, 5.41) is 14.0. The minimum Gasteiger partial charge on any atom is -0.478 e. The van der Waals surface area contributed by atoms with Gasteiger partial charge in [0.2, 0.25) is 6.10 Å². The highest BCUT2D eigenvalue weighted by atomic mass is 19.1. The molecule has 1 aromatic heterocycles. The van der Waals surface area contributed by atoms with Crippen molar-refractivity contribution < 1.29 is 32.6 Å². The molecule has 0 amide bonds. The zero-order chi connectivity index (χ0) is 31.4. The maximum absolute atomic E-state index is 14.2. The Hall–Kier alpha value is -4.05. The first kappa shape index (κ1) is 31.9. The van der Waals surface area contributed by atoms with Crippen molar-refractivity contribution in [3.63, 3.8) is 0 Å². The molecule has 3 aromatic rings. The first-order valence-corrected chi connectivity index (χ1v) is 14.2. The lowest BCUT2D eigenvalue weighted by Gasteiger charge is -2.51. The number of carbonyl (C=O) groups excluding carboxylic acids is 1. The molecule has 4 rings (SSSR count). The van der Waals surface area contributed by atoms with Crippen LogP contribution in [0.3, 0.4) is 0 Å². The zero-order valence-electron chi connectivity index (χ0n) is 24.7. The third-order valence-electron chi connectivity index (χ3n) is 8.03. The molecule has 1 aliphatic carbocycles. The van der Waals surface area contributed by atoms with E-state index in [0.717, 1.165) is 0 Å². The number of carboxylic acid groups (broad SMARTS) is 1. The third kappa shape index (κ3) is 7.13. The minimum atomic E-state index is -1.58. The Morgan fingerprint density at radius 1 is 1.07 bits per heavy atom. The molecule has 0 bridgehead atoms. The molecule has 0 radical (unpaired) electrons. The second kappa shape index (κ2) is 13.1. The number of aromatic nitrogens is 2. The molecule has 7 nitrogen and oxygen atoms in total. The molecule has 0 saturated heterocycles. The van der Waals surface area contributed by atoms with E-state index in [9.17, 15) is 27.9 Å². The normalized spacial score (nSPS) is 18.1. The second-order valence-electron chi connectivity index (χ2n) is 11.6. The number of hydrogen-bond acceptors (Lipinski definition) is 6. The summed E-state index contributed by atoms with van der Waals surface area (Å²) in [6.07, 6.45) is 3.21. The van der Waals surface area contributed by atoms with Crippen molar-refractivity contribution in [1.82, 2.24) is 15.3 Å². The van der Waals surface area contributed by atoms with E-state index in [-0.39, 0.29) is 36.9 Å². The number of carbonyl (C=O) groups is 2. The summed E-state index contributed by atoms with van der Waals surface area (Å²) in [6.45, 7) is 7.18. The fourth-order valence-electron chi connectivity index (χ4n) is 6.12. The van der Waals surface area contributed by atoms with Crippen LogP contribution in [-0.2, 0) is 21.5 Å². The number of Topliss-reactive ketones (excluding diaryl/α,β-unsaturated/α-hetero) is 1. The van der Waals surface area contributed by atoms with Crippen molar-refractivity contribution in [3.05, 3.63) is 101 Å². The number of allylic oxidation sites excluding steroid dienone is 2. The largest absolute Gasteiger partial charge is 0.478 e. The average molecular weight is 596 g/mol. The monoisotopic (exact) mass is 595 g/mol. The van der Waals surface area contributed by atoms with E-state index in [1.165, 1.54) is 0 Å². The first-order chi connectivity index (χ1) is 20.3. The number of rotatable bonds is 12. The number of carboxylic acids is 1. The van der Waals surface area contributed by atoms with Gasteiger partial charge in [-0.1, -0.05) is 56.3 Å². The van der Waals surface area contributed by atoms with Crippen LogP contribution in [0.1, 0.15) is 55.6 Å². The lowest BCUT2D eigenvalue weighted by molar-refractivity contribution is -0.154. The Bertz CT molecular complexity index is 1470. The van der Waals surface area contributed by atoms with Crippen LogP contribution in [-0.4, -0.2) is 39.5 Å². The molecule has 0 fully saturated rings. The molecule has 0 spiro atoms. The van der Waals surface area contributed by atoms with Crippen LogP contribution in [0.5, 0.6) is 6.01 Å². The number of halogens is 3. The molecular formula is C33H36F3N3O4. The van der Waals surface area contributed by atoms with E-state index < -0.39 is 46.3 Å². The van der Waals surface area contributed by atoms with Crippen LogP contribution in [0, 0.1) is 42.6 Å². The summed E-state index contributed by atoms with van der Waals surface area (Å²) in [5.41, 5.74) is -0.609. The average Bonchev–Trinajstić information content (AvgIpc) is 2.92. The van der Waals surface area contributed by atoms with Crippen molar-refractivity contribution in [1.29, 1.82) is 0 Å². The van der Waals surface area contributed by atoms with Gasteiger partial charge in [-0.05, 0) is 56.1 Å². The van der Waals surface area contributed by atoms with Gasteiger partial charge in [0.1, 0.15) is 23.2 Å². The number of ether oxygens (including phenoxy) is 1. The van der Waals surface area contributed by atoms with Gasteiger partial charge in [0.25, 0.3) is 0 Å². The number of nitrogens with zero attached hydrogens (tertiary/aromatic N) is 2. The van der Waals surface area contributed by atoms with Crippen LogP contribution in [0.2, 0.25) is 0 Å². The quantitative estimate of drug-likeness (QED) is 0.247. The number of aliphatic carboxylic acids is 1. The Morgan fingerprint density at radius 2 is 1.70 bits per heavy atom. The SMILES string of the molecule is Cc1cc(C)nc(O[C@H](C(=O)O)[C@](NCC(=O)CCc2c(F)cc(F)cc2F)(c2ccccc2)C2CCC=CC2(C)C)n1. The van der Waals surface area contributed by atoms with Crippen molar-refractivity contribution in [3.8, 4) is 6.01 Å². The second-order valence-corrected chi connectivity index (χ2v) is 11.6. The van der Waals surface area contributed by atoms with Gasteiger partial charge in [0.15, 0.2) is 0 Å². The van der Waals surface area contributed by atoms with Gasteiger partial charge in [-0.25, -0.2) is 27.9 Å². The highest BCUT2D eigenvalue weighted by molar-refractivity contribution is 5.81. The van der Waals surface area contributed by atoms with E-state index in [0.29, 0.717) is 41.9 Å². The molecule has 1 aliphatic rings. The predicted octanol–water partition coefficient (Wildman–Crippen LogP) is 6.02. The van der Waals surface area contributed by atoms with E-state index >= 15 is 0 Å². The highest BCUT2D eigenvalue weighted by Gasteiger charge is 2.56. The Morgan fingerprint density at radius 3 is 2.28 bits per heavy atom. The lowest BCUT2D eigenvalue weighted by Crippen LogP contribution is -2.65. The summed E-state index contributed by atoms with van der Waals surface area (Å²) in [5.74, 6) is -5.28. The number of ketones is 1. The molecule has 2 N–H and O–H groups in total. The fraction of sp³-hybridized carbons (Fsp3) is 0.394. The Kier molecular flexibility index (Phi) is 9.69. The molecule has 0 aliphatic heterocycles. The molecule has 1 unspecified atom stereocenters. The van der Waals surface area contributed by atoms with Gasteiger partial charge in [-0.2, -0.15) is 0 Å². The number of aryl methyl sites for hydroxylation is 2. The standard InChI is InChI=1S/C33H36F3N3O4/c1-20-16-21(2)39-31(38-20)43-29(30(41)42)33(22-10-6-5-7-11-22,28-12-8-9-15-32(28,3)4)37-19-24(40)13-14-25-26(35)17-23(34)18-27(25)36/h5-7,9-11,15-18,28-29,37H,8,12-14,19H2,1-4H3,(H,41,42)/t28?,29-,33+/m1/s1. The fourth-order valence-corrected chi connectivity index (χ4v) is 6.12. The van der Waals surface area contributed by atoms with Gasteiger partial charge in [-0.15, -0.1) is 0 Å². The molecular weight excluding hydrogens is 559 g/mol. The molecule has 2 aromatic carbocycles. The molecule has 43 heavy (non-hydrogen) atoms. The van der Waals surface area contributed by atoms with E-state index in [2.05, 4.69) is 15.3 Å². The van der Waals surface area contributed by atoms with E-state index in [4.69, 9.17) is 4.74 Å². The van der Waals surface area contributed by atoms with Crippen molar-refractivity contribution in [2.45, 2.75) is 65.0 Å². The van der Waals surface area contributed by atoms with Crippen LogP contribution in [0.15, 0.2) is 60.7 Å². The first-order valence-electron chi connectivity index (χ1n) is 14.2. The lowest BCUT2D eigenvalue weighted by atomic mass is 9.59. The Balaban J connectivity index is 1.77. The summed E-state index contributed by atoms with van der Waals surface area (Å²) in [6, 6.07) is 11.7. The van der Waals surface area contributed by atoms with E-state index in [1.807, 2.05) is 26.0 Å². The van der Waals surface area contributed by atoms with Gasteiger partial charge >= 0.3 is 12.0 Å². The van der Waals surface area contributed by atoms with Crippen molar-refractivity contribution >= 4 is 11.8 Å². The zero-order valence-corrected chi connectivity index (χ0v) is 24.7. The molecule has 1 heterocycles. The number of benzene rings is 2. The smallest absolute Gasteiger partial charge is 0.347 e. The van der Waals surface area contributed by atoms with Crippen molar-refractivity contribution in [2.24, 2.45) is 11.3 Å². The predicted molar refractivity (Wildman–Crippen MR) is 155 cm³/mol. The summed E-state index contributed by atoms with van der Waals surface area (Å²) >= 11 is 0. The molecule has 3 atom stereocenters. The van der Waals surface area contributed by atoms with E-state index in [1.54, 1.807) is 50.2 Å². The summed E-state index contributed by atoms with van der Waals surface area (Å²) in [7, 11) is 0. The topological polar surface area (TPSA) is 101 Å². The molecule has 0 saturated carbocycles. The molecule has 228 valence electrons. The maximum Gasteiger partial charge on any atom is 0.347 e. The summed E-state index contributed by atoms with van der Waals surface area (Å²) < 4.78 is 48.0. The molecule has 10 heteroatoms. The third-order valence-corrected chi connectivity index (χ3v) is 8.03. The summed E-state index contributed by atoms with van der Waals surface area (Å²) in [4.78, 5) is 35.1. The van der Waals surface area contributed by atoms with Gasteiger partial charge in [0.05, 0.1) is 12.1 Å². The van der Waals surface area contributed by atoms with Crippen LogP contribution >= 0.6 is 0 Å².